The van der Waals surface area contributed by atoms with Crippen LogP contribution in [0.15, 0.2) is 72.4 Å². The fraction of sp³-hybridized carbons (Fsp3) is 0.125. The van der Waals surface area contributed by atoms with Crippen molar-refractivity contribution in [2.75, 3.05) is 19.1 Å². The minimum atomic E-state index is -0.967. The quantitative estimate of drug-likeness (QED) is 0.352. The highest BCUT2D eigenvalue weighted by molar-refractivity contribution is 6.52. The topological polar surface area (TPSA) is 89.0 Å². The Morgan fingerprint density at radius 3 is 2.44 bits per heavy atom. The number of Topliss-reactive ketones (excluding diaryl/α,β-unsaturated/α-hetero) is 1. The SMILES string of the molecule is COc1cccc(N2C(=O)C(=O)/C(=C(/O)c3cc(OC)ccc3Cl)C2c2ccccn2)c1. The van der Waals surface area contributed by atoms with Crippen molar-refractivity contribution in [3.05, 3.63) is 88.7 Å². The molecule has 0 aliphatic carbocycles. The highest BCUT2D eigenvalue weighted by Gasteiger charge is 2.47. The third kappa shape index (κ3) is 3.67. The van der Waals surface area contributed by atoms with Gasteiger partial charge < -0.3 is 14.6 Å². The number of hydrogen-bond acceptors (Lipinski definition) is 6. The Hall–Kier alpha value is -3.84. The second-order valence-corrected chi connectivity index (χ2v) is 7.38. The molecule has 7 nitrogen and oxygen atoms in total. The van der Waals surface area contributed by atoms with Crippen LogP contribution in [0, 0.1) is 0 Å². The lowest BCUT2D eigenvalue weighted by Crippen LogP contribution is -2.29. The van der Waals surface area contributed by atoms with Crippen LogP contribution in [-0.4, -0.2) is 36.0 Å². The molecule has 0 saturated carbocycles. The van der Waals surface area contributed by atoms with Crippen LogP contribution in [0.25, 0.3) is 5.76 Å². The van der Waals surface area contributed by atoms with Gasteiger partial charge in [-0.25, -0.2) is 0 Å². The normalized spacial score (nSPS) is 17.5. The number of nitrogens with zero attached hydrogens (tertiary/aromatic N) is 2. The summed E-state index contributed by atoms with van der Waals surface area (Å²) in [7, 11) is 2.98. The average Bonchev–Trinajstić information content (AvgIpc) is 3.10. The van der Waals surface area contributed by atoms with Crippen molar-refractivity contribution in [1.82, 2.24) is 4.98 Å². The molecule has 1 aromatic heterocycles. The summed E-state index contributed by atoms with van der Waals surface area (Å²) in [5, 5.41) is 11.4. The van der Waals surface area contributed by atoms with Crippen LogP contribution in [0.1, 0.15) is 17.3 Å². The first-order valence-corrected chi connectivity index (χ1v) is 10.0. The number of ether oxygens (including phenoxy) is 2. The van der Waals surface area contributed by atoms with E-state index in [4.69, 9.17) is 21.1 Å². The van der Waals surface area contributed by atoms with Gasteiger partial charge in [0.1, 0.15) is 23.3 Å². The minimum Gasteiger partial charge on any atom is -0.507 e. The number of pyridine rings is 1. The number of halogens is 1. The number of hydrogen-bond donors (Lipinski definition) is 1. The molecular weight excluding hydrogens is 432 g/mol. The standard InChI is InChI=1S/C24H19ClN2O5/c1-31-15-7-5-6-14(12-15)27-21(19-8-3-4-11-26-19)20(23(29)24(27)30)22(28)17-13-16(32-2)9-10-18(17)25/h3-13,21,28H,1-2H3/b22-20+. The molecule has 1 aliphatic heterocycles. The van der Waals surface area contributed by atoms with E-state index in [9.17, 15) is 14.7 Å². The van der Waals surface area contributed by atoms with Crippen LogP contribution in [0.3, 0.4) is 0 Å². The summed E-state index contributed by atoms with van der Waals surface area (Å²) in [6.45, 7) is 0. The maximum absolute atomic E-state index is 13.2. The van der Waals surface area contributed by atoms with E-state index in [1.807, 2.05) is 0 Å². The maximum Gasteiger partial charge on any atom is 0.300 e. The van der Waals surface area contributed by atoms with Crippen molar-refractivity contribution >= 4 is 34.7 Å². The van der Waals surface area contributed by atoms with Gasteiger partial charge in [0, 0.05) is 23.5 Å². The number of methoxy groups -OCH3 is 2. The highest BCUT2D eigenvalue weighted by Crippen LogP contribution is 2.43. The van der Waals surface area contributed by atoms with Crippen LogP contribution in [0.5, 0.6) is 11.5 Å². The smallest absolute Gasteiger partial charge is 0.300 e. The van der Waals surface area contributed by atoms with Crippen molar-refractivity contribution in [2.45, 2.75) is 6.04 Å². The number of carbonyl (C=O) groups is 2. The number of aliphatic hydroxyl groups excluding tert-OH is 1. The van der Waals surface area contributed by atoms with E-state index in [1.165, 1.54) is 25.2 Å². The number of aliphatic hydroxyl groups is 1. The lowest BCUT2D eigenvalue weighted by atomic mass is 9.98. The fourth-order valence-corrected chi connectivity index (χ4v) is 3.84. The van der Waals surface area contributed by atoms with E-state index in [-0.39, 0.29) is 16.2 Å². The van der Waals surface area contributed by atoms with Crippen LogP contribution < -0.4 is 14.4 Å². The third-order valence-corrected chi connectivity index (χ3v) is 5.50. The largest absolute Gasteiger partial charge is 0.507 e. The molecule has 4 rings (SSSR count). The summed E-state index contributed by atoms with van der Waals surface area (Å²) < 4.78 is 10.5. The summed E-state index contributed by atoms with van der Waals surface area (Å²) in [4.78, 5) is 32.0. The monoisotopic (exact) mass is 450 g/mol. The van der Waals surface area contributed by atoms with Crippen molar-refractivity contribution < 1.29 is 24.2 Å². The van der Waals surface area contributed by atoms with Gasteiger partial charge in [0.15, 0.2) is 0 Å². The first-order chi connectivity index (χ1) is 15.5. The van der Waals surface area contributed by atoms with E-state index in [1.54, 1.807) is 60.8 Å². The second-order valence-electron chi connectivity index (χ2n) is 6.97. The summed E-state index contributed by atoms with van der Waals surface area (Å²) in [5.74, 6) is -1.10. The van der Waals surface area contributed by atoms with Gasteiger partial charge in [0.2, 0.25) is 0 Å². The molecule has 0 bridgehead atoms. The van der Waals surface area contributed by atoms with Crippen molar-refractivity contribution in [1.29, 1.82) is 0 Å². The summed E-state index contributed by atoms with van der Waals surface area (Å²) in [6, 6.07) is 15.6. The molecule has 0 radical (unpaired) electrons. The Labute approximate surface area is 189 Å². The number of carbonyl (C=O) groups excluding carboxylic acids is 2. The Kier molecular flexibility index (Phi) is 5.83. The molecule has 32 heavy (non-hydrogen) atoms. The summed E-state index contributed by atoms with van der Waals surface area (Å²) in [5.41, 5.74) is 0.898. The fourth-order valence-electron chi connectivity index (χ4n) is 3.63. The molecular formula is C24H19ClN2O5. The second kappa shape index (κ2) is 8.72. The van der Waals surface area contributed by atoms with Crippen LogP contribution in [-0.2, 0) is 9.59 Å². The van der Waals surface area contributed by atoms with Crippen molar-refractivity contribution in [3.63, 3.8) is 0 Å². The number of rotatable bonds is 5. The lowest BCUT2D eigenvalue weighted by Gasteiger charge is -2.25. The van der Waals surface area contributed by atoms with Gasteiger partial charge in [0.05, 0.1) is 30.5 Å². The zero-order valence-electron chi connectivity index (χ0n) is 17.3. The Balaban J connectivity index is 1.96. The van der Waals surface area contributed by atoms with E-state index in [2.05, 4.69) is 4.98 Å². The van der Waals surface area contributed by atoms with Gasteiger partial charge in [-0.3, -0.25) is 19.5 Å². The van der Waals surface area contributed by atoms with Crippen LogP contribution in [0.2, 0.25) is 5.02 Å². The van der Waals surface area contributed by atoms with Gasteiger partial charge in [0.25, 0.3) is 11.7 Å². The zero-order chi connectivity index (χ0) is 22.8. The third-order valence-electron chi connectivity index (χ3n) is 5.17. The van der Waals surface area contributed by atoms with Crippen LogP contribution >= 0.6 is 11.6 Å². The number of benzene rings is 2. The molecule has 1 N–H and O–H groups in total. The van der Waals surface area contributed by atoms with E-state index in [0.29, 0.717) is 22.9 Å². The van der Waals surface area contributed by atoms with Crippen LogP contribution in [0.4, 0.5) is 5.69 Å². The molecule has 0 spiro atoms. The zero-order valence-corrected chi connectivity index (χ0v) is 18.0. The van der Waals surface area contributed by atoms with Gasteiger partial charge in [-0.05, 0) is 42.5 Å². The number of anilines is 1. The van der Waals surface area contributed by atoms with Crippen molar-refractivity contribution in [2.24, 2.45) is 0 Å². The molecule has 1 unspecified atom stereocenters. The number of amides is 1. The maximum atomic E-state index is 13.2. The predicted octanol–water partition coefficient (Wildman–Crippen LogP) is 4.38. The van der Waals surface area contributed by atoms with Gasteiger partial charge in [-0.1, -0.05) is 23.7 Å². The van der Waals surface area contributed by atoms with Gasteiger partial charge >= 0.3 is 0 Å². The Morgan fingerprint density at radius 2 is 1.75 bits per heavy atom. The Morgan fingerprint density at radius 1 is 1.00 bits per heavy atom. The molecule has 162 valence electrons. The lowest BCUT2D eigenvalue weighted by molar-refractivity contribution is -0.132. The van der Waals surface area contributed by atoms with Gasteiger partial charge in [-0.2, -0.15) is 0 Å². The molecule has 1 aliphatic rings. The molecule has 1 amide bonds. The molecule has 1 saturated heterocycles. The molecule has 3 aromatic rings. The van der Waals surface area contributed by atoms with E-state index < -0.39 is 23.5 Å². The van der Waals surface area contributed by atoms with Gasteiger partial charge in [-0.15, -0.1) is 0 Å². The first-order valence-electron chi connectivity index (χ1n) is 9.66. The van der Waals surface area contributed by atoms with E-state index >= 15 is 0 Å². The van der Waals surface area contributed by atoms with Crippen molar-refractivity contribution in [3.8, 4) is 11.5 Å². The summed E-state index contributed by atoms with van der Waals surface area (Å²) in [6.07, 6.45) is 1.56. The molecule has 1 atom stereocenters. The average molecular weight is 451 g/mol. The van der Waals surface area contributed by atoms with E-state index in [0.717, 1.165) is 0 Å². The molecule has 2 heterocycles. The summed E-state index contributed by atoms with van der Waals surface area (Å²) >= 11 is 6.31. The first kappa shape index (κ1) is 21.4. The molecule has 1 fully saturated rings. The number of aromatic nitrogens is 1. The molecule has 8 heteroatoms. The predicted molar refractivity (Wildman–Crippen MR) is 120 cm³/mol. The highest BCUT2D eigenvalue weighted by atomic mass is 35.5. The number of ketones is 1. The minimum absolute atomic E-state index is 0.119. The molecule has 2 aromatic carbocycles. The Bertz CT molecular complexity index is 1230.